The van der Waals surface area contributed by atoms with Crippen LogP contribution in [0, 0.1) is 0 Å². The first-order valence-electron chi connectivity index (χ1n) is 6.65. The lowest BCUT2D eigenvalue weighted by atomic mass is 10.2. The van der Waals surface area contributed by atoms with E-state index in [1.165, 1.54) is 11.3 Å². The van der Waals surface area contributed by atoms with Crippen molar-refractivity contribution in [2.75, 3.05) is 38.6 Å². The molecule has 1 aliphatic rings. The molecule has 1 unspecified atom stereocenters. The third kappa shape index (κ3) is 2.41. The Bertz CT molecular complexity index is 602. The zero-order chi connectivity index (χ0) is 14.3. The smallest absolute Gasteiger partial charge is 0.264 e. The Labute approximate surface area is 126 Å². The lowest BCUT2D eigenvalue weighted by molar-refractivity contribution is 0.0661. The number of carbonyl (C=O) groups is 1. The fourth-order valence-electron chi connectivity index (χ4n) is 2.30. The molecule has 1 aliphatic heterocycles. The highest BCUT2D eigenvalue weighted by Crippen LogP contribution is 2.34. The van der Waals surface area contributed by atoms with Crippen molar-refractivity contribution in [2.45, 2.75) is 13.0 Å². The number of carbonyl (C=O) groups excluding carboxylic acids is 1. The molecule has 0 spiro atoms. The van der Waals surface area contributed by atoms with Gasteiger partial charge in [0.05, 0.1) is 9.58 Å². The third-order valence-electron chi connectivity index (χ3n) is 3.43. The number of nitrogens with one attached hydrogen (secondary N) is 1. The van der Waals surface area contributed by atoms with Gasteiger partial charge < -0.3 is 15.1 Å². The van der Waals surface area contributed by atoms with Crippen molar-refractivity contribution in [1.82, 2.24) is 15.2 Å². The summed E-state index contributed by atoms with van der Waals surface area (Å²) < 4.78 is 1.10. The van der Waals surface area contributed by atoms with E-state index in [4.69, 9.17) is 0 Å². The number of thiophene rings is 1. The van der Waals surface area contributed by atoms with Gasteiger partial charge in [-0.05, 0) is 13.0 Å². The summed E-state index contributed by atoms with van der Waals surface area (Å²) in [5.74, 6) is 0.139. The summed E-state index contributed by atoms with van der Waals surface area (Å²) in [6.07, 6.45) is 0. The predicted molar refractivity (Wildman–Crippen MR) is 85.2 cm³/mol. The maximum atomic E-state index is 12.6. The Hall–Kier alpha value is -1.18. The van der Waals surface area contributed by atoms with Crippen LogP contribution in [0.2, 0.25) is 0 Å². The van der Waals surface area contributed by atoms with Gasteiger partial charge in [0.25, 0.3) is 5.91 Å². The number of piperazine rings is 1. The van der Waals surface area contributed by atoms with Crippen LogP contribution >= 0.6 is 22.7 Å². The zero-order valence-electron chi connectivity index (χ0n) is 11.8. The van der Waals surface area contributed by atoms with E-state index in [9.17, 15) is 4.79 Å². The second kappa shape index (κ2) is 5.31. The summed E-state index contributed by atoms with van der Waals surface area (Å²) in [5.41, 5.74) is 0. The van der Waals surface area contributed by atoms with Crippen LogP contribution in [0.25, 0.3) is 9.53 Å². The van der Waals surface area contributed by atoms with Gasteiger partial charge in [-0.25, -0.2) is 4.98 Å². The van der Waals surface area contributed by atoms with E-state index < -0.39 is 0 Å². The van der Waals surface area contributed by atoms with Crippen LogP contribution in [0.5, 0.6) is 0 Å². The molecule has 3 heterocycles. The van der Waals surface area contributed by atoms with Gasteiger partial charge in [0.15, 0.2) is 5.13 Å². The van der Waals surface area contributed by atoms with Crippen LogP contribution in [-0.2, 0) is 0 Å². The predicted octanol–water partition coefficient (Wildman–Crippen LogP) is 1.86. The summed E-state index contributed by atoms with van der Waals surface area (Å²) in [7, 11) is 3.97. The van der Waals surface area contributed by atoms with Crippen LogP contribution in [0.15, 0.2) is 6.07 Å². The van der Waals surface area contributed by atoms with E-state index >= 15 is 0 Å². The number of nitrogens with zero attached hydrogens (tertiary/aromatic N) is 3. The second-order valence-corrected chi connectivity index (χ2v) is 7.26. The molecular formula is C13H18N4OS2. The molecule has 1 saturated heterocycles. The Balaban J connectivity index is 1.86. The molecule has 1 N–H and O–H groups in total. The molecule has 1 fully saturated rings. The van der Waals surface area contributed by atoms with Crippen LogP contribution in [0.3, 0.4) is 0 Å². The van der Waals surface area contributed by atoms with Gasteiger partial charge in [0.1, 0.15) is 4.83 Å². The molecule has 0 bridgehead atoms. The van der Waals surface area contributed by atoms with Crippen molar-refractivity contribution < 1.29 is 4.79 Å². The minimum atomic E-state index is 0.139. The fourth-order valence-corrected chi connectivity index (χ4v) is 4.39. The lowest BCUT2D eigenvalue weighted by Crippen LogP contribution is -2.52. The molecular weight excluding hydrogens is 292 g/mol. The molecule has 0 aromatic carbocycles. The minimum absolute atomic E-state index is 0.139. The SMILES string of the molecule is CC1CNCCN1C(=O)c1cc2sc(N(C)C)nc2s1. The summed E-state index contributed by atoms with van der Waals surface area (Å²) in [6, 6.07) is 2.24. The van der Waals surface area contributed by atoms with Gasteiger partial charge in [0.2, 0.25) is 0 Å². The summed E-state index contributed by atoms with van der Waals surface area (Å²) in [6.45, 7) is 4.61. The van der Waals surface area contributed by atoms with E-state index in [1.54, 1.807) is 11.3 Å². The number of anilines is 1. The van der Waals surface area contributed by atoms with E-state index in [1.807, 2.05) is 30.0 Å². The van der Waals surface area contributed by atoms with Gasteiger partial charge in [-0.3, -0.25) is 4.79 Å². The molecule has 20 heavy (non-hydrogen) atoms. The molecule has 5 nitrogen and oxygen atoms in total. The van der Waals surface area contributed by atoms with Gasteiger partial charge in [-0.2, -0.15) is 0 Å². The molecule has 1 amide bonds. The largest absolute Gasteiger partial charge is 0.354 e. The number of hydrogen-bond donors (Lipinski definition) is 1. The Kier molecular flexibility index (Phi) is 3.66. The van der Waals surface area contributed by atoms with Crippen molar-refractivity contribution in [3.8, 4) is 0 Å². The van der Waals surface area contributed by atoms with Crippen LogP contribution in [-0.4, -0.2) is 55.6 Å². The number of thiazole rings is 1. The summed E-state index contributed by atoms with van der Waals surface area (Å²) in [4.78, 5) is 22.9. The van der Waals surface area contributed by atoms with E-state index in [-0.39, 0.29) is 11.9 Å². The topological polar surface area (TPSA) is 48.5 Å². The Morgan fingerprint density at radius 2 is 2.30 bits per heavy atom. The maximum absolute atomic E-state index is 12.6. The molecule has 7 heteroatoms. The van der Waals surface area contributed by atoms with Gasteiger partial charge >= 0.3 is 0 Å². The highest BCUT2D eigenvalue weighted by atomic mass is 32.1. The monoisotopic (exact) mass is 310 g/mol. The molecule has 0 saturated carbocycles. The minimum Gasteiger partial charge on any atom is -0.354 e. The van der Waals surface area contributed by atoms with E-state index in [0.717, 1.165) is 39.2 Å². The first kappa shape index (κ1) is 13.8. The van der Waals surface area contributed by atoms with Crippen molar-refractivity contribution in [3.63, 3.8) is 0 Å². The normalized spacial score (nSPS) is 19.6. The quantitative estimate of drug-likeness (QED) is 0.920. The standard InChI is InChI=1S/C13H18N4OS2/c1-8-7-14-4-5-17(8)12(18)10-6-9-11(19-10)15-13(20-9)16(2)3/h6,8,14H,4-5,7H2,1-3H3. The molecule has 1 atom stereocenters. The highest BCUT2D eigenvalue weighted by molar-refractivity contribution is 7.29. The van der Waals surface area contributed by atoms with Gasteiger partial charge in [-0.15, -0.1) is 11.3 Å². The number of amides is 1. The van der Waals surface area contributed by atoms with Crippen LogP contribution < -0.4 is 10.2 Å². The highest BCUT2D eigenvalue weighted by Gasteiger charge is 2.26. The molecule has 3 rings (SSSR count). The second-order valence-electron chi connectivity index (χ2n) is 5.22. The molecule has 2 aromatic rings. The van der Waals surface area contributed by atoms with Crippen molar-refractivity contribution in [2.24, 2.45) is 0 Å². The molecule has 0 radical (unpaired) electrons. The number of rotatable bonds is 2. The number of aromatic nitrogens is 1. The first-order valence-corrected chi connectivity index (χ1v) is 8.29. The molecule has 0 aliphatic carbocycles. The summed E-state index contributed by atoms with van der Waals surface area (Å²) in [5, 5.41) is 4.29. The summed E-state index contributed by atoms with van der Waals surface area (Å²) >= 11 is 3.13. The van der Waals surface area contributed by atoms with Crippen LogP contribution in [0.1, 0.15) is 16.6 Å². The van der Waals surface area contributed by atoms with Crippen molar-refractivity contribution >= 4 is 43.2 Å². The van der Waals surface area contributed by atoms with Gasteiger partial charge in [0, 0.05) is 39.8 Å². The van der Waals surface area contributed by atoms with E-state index in [0.29, 0.717) is 0 Å². The van der Waals surface area contributed by atoms with Gasteiger partial charge in [-0.1, -0.05) is 11.3 Å². The zero-order valence-corrected chi connectivity index (χ0v) is 13.5. The average Bonchev–Trinajstić information content (AvgIpc) is 2.96. The Morgan fingerprint density at radius 1 is 1.50 bits per heavy atom. The lowest BCUT2D eigenvalue weighted by Gasteiger charge is -2.33. The number of hydrogen-bond acceptors (Lipinski definition) is 6. The average molecular weight is 310 g/mol. The third-order valence-corrected chi connectivity index (χ3v) is 5.75. The Morgan fingerprint density at radius 3 is 2.95 bits per heavy atom. The first-order chi connectivity index (χ1) is 9.56. The molecule has 108 valence electrons. The van der Waals surface area contributed by atoms with Crippen molar-refractivity contribution in [1.29, 1.82) is 0 Å². The molecule has 2 aromatic heterocycles. The maximum Gasteiger partial charge on any atom is 0.264 e. The fraction of sp³-hybridized carbons (Fsp3) is 0.538. The number of fused-ring (bicyclic) bond motifs is 1. The van der Waals surface area contributed by atoms with E-state index in [2.05, 4.69) is 17.2 Å². The van der Waals surface area contributed by atoms with Crippen molar-refractivity contribution in [3.05, 3.63) is 10.9 Å². The van der Waals surface area contributed by atoms with Crippen LogP contribution in [0.4, 0.5) is 5.13 Å².